The second-order valence-corrected chi connectivity index (χ2v) is 4.71. The first-order valence-corrected chi connectivity index (χ1v) is 7.08. The van der Waals surface area contributed by atoms with E-state index in [1.807, 2.05) is 0 Å². The first-order valence-electron chi connectivity index (χ1n) is 7.08. The molecule has 0 aromatic heterocycles. The summed E-state index contributed by atoms with van der Waals surface area (Å²) in [5.74, 6) is -0.529. The lowest BCUT2D eigenvalue weighted by molar-refractivity contribution is 0.0555. The van der Waals surface area contributed by atoms with Gasteiger partial charge in [0.05, 0.1) is 38.1 Å². The van der Waals surface area contributed by atoms with Gasteiger partial charge in [-0.3, -0.25) is 4.99 Å². The summed E-state index contributed by atoms with van der Waals surface area (Å²) in [6.45, 7) is 0. The zero-order chi connectivity index (χ0) is 17.5. The van der Waals surface area contributed by atoms with Gasteiger partial charge in [0.2, 0.25) is 0 Å². The summed E-state index contributed by atoms with van der Waals surface area (Å²) >= 11 is 0. The van der Waals surface area contributed by atoms with E-state index in [-0.39, 0.29) is 11.1 Å². The van der Waals surface area contributed by atoms with E-state index in [0.29, 0.717) is 11.3 Å². The van der Waals surface area contributed by atoms with Gasteiger partial charge < -0.3 is 14.2 Å². The van der Waals surface area contributed by atoms with E-state index >= 15 is 0 Å². The van der Waals surface area contributed by atoms with Crippen LogP contribution >= 0.6 is 0 Å². The Morgan fingerprint density at radius 2 is 1.58 bits per heavy atom. The summed E-state index contributed by atoms with van der Waals surface area (Å²) in [6.07, 6.45) is 1.50. The molecule has 2 aromatic carbocycles. The largest absolute Gasteiger partial charge is 0.497 e. The van der Waals surface area contributed by atoms with Crippen LogP contribution in [0, 0.1) is 0 Å². The van der Waals surface area contributed by atoms with Gasteiger partial charge in [-0.25, -0.2) is 9.59 Å². The summed E-state index contributed by atoms with van der Waals surface area (Å²) in [4.78, 5) is 28.2. The molecule has 6 nitrogen and oxygen atoms in total. The van der Waals surface area contributed by atoms with Gasteiger partial charge in [-0.05, 0) is 30.3 Å². The quantitative estimate of drug-likeness (QED) is 0.623. The zero-order valence-electron chi connectivity index (χ0n) is 13.6. The summed E-state index contributed by atoms with van der Waals surface area (Å²) in [5, 5.41) is 0. The topological polar surface area (TPSA) is 74.2 Å². The third kappa shape index (κ3) is 3.78. The standard InChI is InChI=1S/C18H17NO5/c1-22-14-9-7-13(8-10-14)19-11-12-5-4-6-15(17(20)23-2)16(12)18(21)24-3/h4-11H,1-3H3. The number of esters is 2. The molecule has 124 valence electrons. The monoisotopic (exact) mass is 327 g/mol. The molecule has 0 amide bonds. The molecule has 0 heterocycles. The zero-order valence-corrected chi connectivity index (χ0v) is 13.6. The lowest BCUT2D eigenvalue weighted by Gasteiger charge is -2.09. The van der Waals surface area contributed by atoms with Crippen LogP contribution in [0.3, 0.4) is 0 Å². The number of nitrogens with zero attached hydrogens (tertiary/aromatic N) is 1. The molecule has 0 aliphatic heterocycles. The molecule has 0 aliphatic carbocycles. The fourth-order valence-corrected chi connectivity index (χ4v) is 2.10. The number of carbonyl (C=O) groups excluding carboxylic acids is 2. The van der Waals surface area contributed by atoms with Crippen molar-refractivity contribution in [2.24, 2.45) is 4.99 Å². The van der Waals surface area contributed by atoms with Gasteiger partial charge in [0.25, 0.3) is 0 Å². The van der Waals surface area contributed by atoms with Crippen molar-refractivity contribution >= 4 is 23.8 Å². The number of rotatable bonds is 5. The van der Waals surface area contributed by atoms with Crippen molar-refractivity contribution in [3.05, 3.63) is 59.2 Å². The maximum Gasteiger partial charge on any atom is 0.339 e. The average Bonchev–Trinajstić information content (AvgIpc) is 2.65. The van der Waals surface area contributed by atoms with Gasteiger partial charge in [0.15, 0.2) is 0 Å². The number of ether oxygens (including phenoxy) is 3. The highest BCUT2D eigenvalue weighted by Gasteiger charge is 2.21. The van der Waals surface area contributed by atoms with E-state index in [2.05, 4.69) is 4.99 Å². The van der Waals surface area contributed by atoms with Crippen molar-refractivity contribution in [2.75, 3.05) is 21.3 Å². The van der Waals surface area contributed by atoms with Crippen LogP contribution < -0.4 is 4.74 Å². The van der Waals surface area contributed by atoms with E-state index in [4.69, 9.17) is 14.2 Å². The van der Waals surface area contributed by atoms with Crippen molar-refractivity contribution < 1.29 is 23.8 Å². The second-order valence-electron chi connectivity index (χ2n) is 4.71. The Bertz CT molecular complexity index is 765. The third-order valence-corrected chi connectivity index (χ3v) is 3.32. The molecule has 6 heteroatoms. The summed E-state index contributed by atoms with van der Waals surface area (Å²) in [6, 6.07) is 11.9. The van der Waals surface area contributed by atoms with Crippen LogP contribution in [0.2, 0.25) is 0 Å². The molecule has 0 spiro atoms. The van der Waals surface area contributed by atoms with Gasteiger partial charge >= 0.3 is 11.9 Å². The Morgan fingerprint density at radius 3 is 2.17 bits per heavy atom. The Balaban J connectivity index is 2.43. The molecule has 0 saturated carbocycles. The predicted molar refractivity (Wildman–Crippen MR) is 89.4 cm³/mol. The van der Waals surface area contributed by atoms with Crippen molar-refractivity contribution in [3.63, 3.8) is 0 Å². The molecular weight excluding hydrogens is 310 g/mol. The molecule has 2 rings (SSSR count). The van der Waals surface area contributed by atoms with E-state index in [1.54, 1.807) is 43.5 Å². The molecule has 0 bridgehead atoms. The molecule has 0 aliphatic rings. The summed E-state index contributed by atoms with van der Waals surface area (Å²) in [5.41, 5.74) is 1.38. The van der Waals surface area contributed by atoms with Crippen molar-refractivity contribution in [1.82, 2.24) is 0 Å². The minimum atomic E-state index is -0.632. The number of hydrogen-bond donors (Lipinski definition) is 0. The maximum atomic E-state index is 12.1. The van der Waals surface area contributed by atoms with Crippen molar-refractivity contribution in [3.8, 4) is 5.75 Å². The average molecular weight is 327 g/mol. The molecule has 0 N–H and O–H groups in total. The van der Waals surface area contributed by atoms with Crippen LogP contribution in [0.25, 0.3) is 0 Å². The van der Waals surface area contributed by atoms with Crippen molar-refractivity contribution in [1.29, 1.82) is 0 Å². The highest BCUT2D eigenvalue weighted by Crippen LogP contribution is 2.20. The normalized spacial score (nSPS) is 10.5. The van der Waals surface area contributed by atoms with Gasteiger partial charge in [-0.15, -0.1) is 0 Å². The first-order chi connectivity index (χ1) is 11.6. The molecule has 2 aromatic rings. The lowest BCUT2D eigenvalue weighted by atomic mass is 10.0. The number of methoxy groups -OCH3 is 3. The van der Waals surface area contributed by atoms with E-state index < -0.39 is 11.9 Å². The van der Waals surface area contributed by atoms with E-state index in [0.717, 1.165) is 5.75 Å². The first kappa shape index (κ1) is 17.2. The minimum absolute atomic E-state index is 0.115. The number of aliphatic imine (C=N–C) groups is 1. The number of benzene rings is 2. The SMILES string of the molecule is COC(=O)c1cccc(C=Nc2ccc(OC)cc2)c1C(=O)OC. The van der Waals surface area contributed by atoms with Gasteiger partial charge in [0, 0.05) is 11.8 Å². The van der Waals surface area contributed by atoms with Crippen LogP contribution in [0.1, 0.15) is 26.3 Å². The highest BCUT2D eigenvalue weighted by atomic mass is 16.5. The maximum absolute atomic E-state index is 12.1. The predicted octanol–water partition coefficient (Wildman–Crippen LogP) is 3.02. The van der Waals surface area contributed by atoms with Crippen LogP contribution in [-0.4, -0.2) is 39.5 Å². The second kappa shape index (κ2) is 7.92. The van der Waals surface area contributed by atoms with Crippen molar-refractivity contribution in [2.45, 2.75) is 0 Å². The molecule has 0 radical (unpaired) electrons. The fraction of sp³-hybridized carbons (Fsp3) is 0.167. The van der Waals surface area contributed by atoms with Crippen LogP contribution in [0.4, 0.5) is 5.69 Å². The molecule has 0 saturated heterocycles. The van der Waals surface area contributed by atoms with E-state index in [9.17, 15) is 9.59 Å². The number of hydrogen-bond acceptors (Lipinski definition) is 6. The fourth-order valence-electron chi connectivity index (χ4n) is 2.10. The summed E-state index contributed by atoms with van der Waals surface area (Å²) in [7, 11) is 4.08. The van der Waals surface area contributed by atoms with Gasteiger partial charge in [0.1, 0.15) is 5.75 Å². The van der Waals surface area contributed by atoms with Crippen LogP contribution in [0.15, 0.2) is 47.5 Å². The summed E-state index contributed by atoms with van der Waals surface area (Å²) < 4.78 is 14.6. The molecule has 0 unspecified atom stereocenters. The third-order valence-electron chi connectivity index (χ3n) is 3.32. The Morgan fingerprint density at radius 1 is 0.917 bits per heavy atom. The molecule has 0 fully saturated rings. The van der Waals surface area contributed by atoms with Gasteiger partial charge in [-0.1, -0.05) is 12.1 Å². The molecular formula is C18H17NO5. The molecule has 24 heavy (non-hydrogen) atoms. The highest BCUT2D eigenvalue weighted by molar-refractivity contribution is 6.08. The lowest BCUT2D eigenvalue weighted by Crippen LogP contribution is -2.14. The Hall–Kier alpha value is -3.15. The van der Waals surface area contributed by atoms with Crippen LogP contribution in [-0.2, 0) is 9.47 Å². The van der Waals surface area contributed by atoms with E-state index in [1.165, 1.54) is 26.5 Å². The van der Waals surface area contributed by atoms with Crippen LogP contribution in [0.5, 0.6) is 5.75 Å². The molecule has 0 atom stereocenters. The van der Waals surface area contributed by atoms with Gasteiger partial charge in [-0.2, -0.15) is 0 Å². The number of carbonyl (C=O) groups is 2. The smallest absolute Gasteiger partial charge is 0.339 e. The Labute approximate surface area is 139 Å². The Kier molecular flexibility index (Phi) is 5.68. The minimum Gasteiger partial charge on any atom is -0.497 e.